The van der Waals surface area contributed by atoms with E-state index in [4.69, 9.17) is 0 Å². The summed E-state index contributed by atoms with van der Waals surface area (Å²) in [5.74, 6) is 0.233. The molecule has 2 aromatic rings. The van der Waals surface area contributed by atoms with E-state index < -0.39 is 0 Å². The van der Waals surface area contributed by atoms with Gasteiger partial charge < -0.3 is 10.2 Å². The number of pyridine rings is 1. The molecule has 0 radical (unpaired) electrons. The van der Waals surface area contributed by atoms with Crippen LogP contribution in [-0.2, 0) is 11.8 Å². The number of aromatic nitrogens is 3. The maximum atomic E-state index is 12.3. The molecule has 0 bridgehead atoms. The summed E-state index contributed by atoms with van der Waals surface area (Å²) < 4.78 is 1.86. The number of nitriles is 1. The Kier molecular flexibility index (Phi) is 4.45. The first-order chi connectivity index (χ1) is 11.9. The van der Waals surface area contributed by atoms with Gasteiger partial charge in [0.1, 0.15) is 6.07 Å². The molecule has 0 aromatic carbocycles. The first-order valence-corrected chi connectivity index (χ1v) is 8.27. The van der Waals surface area contributed by atoms with Crippen LogP contribution in [0.5, 0.6) is 0 Å². The van der Waals surface area contributed by atoms with Crippen molar-refractivity contribution in [3.05, 3.63) is 41.0 Å². The number of amides is 1. The van der Waals surface area contributed by atoms with Crippen LogP contribution >= 0.6 is 0 Å². The number of aryl methyl sites for hydroxylation is 2. The van der Waals surface area contributed by atoms with E-state index in [1.807, 2.05) is 37.5 Å². The lowest BCUT2D eigenvalue weighted by Gasteiger charge is -2.26. The molecule has 7 heteroatoms. The van der Waals surface area contributed by atoms with Crippen LogP contribution < -0.4 is 5.32 Å². The van der Waals surface area contributed by atoms with Crippen LogP contribution in [0.4, 0.5) is 5.69 Å². The minimum atomic E-state index is -0.0177. The van der Waals surface area contributed by atoms with Gasteiger partial charge in [-0.05, 0) is 19.9 Å². The van der Waals surface area contributed by atoms with E-state index in [-0.39, 0.29) is 17.9 Å². The molecule has 1 aliphatic rings. The Labute approximate surface area is 147 Å². The standard InChI is InChI=1S/C18H22N6O/c1-11-17(12(2)24(4)22-11)18-14(7-16(25)23(18)3)9-21-15-10-20-6-5-13(15)8-19/h5-6,10,14,18,21H,7,9H2,1-4H3/t14-,18+/m0/s1. The lowest BCUT2D eigenvalue weighted by molar-refractivity contribution is -0.127. The number of likely N-dealkylation sites (tertiary alicyclic amines) is 1. The number of nitrogens with one attached hydrogen (secondary N) is 1. The van der Waals surface area contributed by atoms with Crippen molar-refractivity contribution in [3.8, 4) is 6.07 Å². The highest BCUT2D eigenvalue weighted by atomic mass is 16.2. The van der Waals surface area contributed by atoms with E-state index in [1.54, 1.807) is 18.5 Å². The molecule has 3 heterocycles. The SMILES string of the molecule is Cc1nn(C)c(C)c1[C@H]1[C@H](CNc2cnccc2C#N)CC(=O)N1C. The van der Waals surface area contributed by atoms with Gasteiger partial charge in [-0.3, -0.25) is 14.5 Å². The Morgan fingerprint density at radius 1 is 1.40 bits per heavy atom. The fraction of sp³-hybridized carbons (Fsp3) is 0.444. The van der Waals surface area contributed by atoms with Crippen LogP contribution in [0, 0.1) is 31.1 Å². The second kappa shape index (κ2) is 6.55. The highest BCUT2D eigenvalue weighted by Gasteiger charge is 2.40. The van der Waals surface area contributed by atoms with Gasteiger partial charge in [-0.15, -0.1) is 0 Å². The van der Waals surface area contributed by atoms with Gasteiger partial charge >= 0.3 is 0 Å². The zero-order valence-corrected chi connectivity index (χ0v) is 14.9. The van der Waals surface area contributed by atoms with E-state index in [0.29, 0.717) is 24.2 Å². The van der Waals surface area contributed by atoms with Gasteiger partial charge in [-0.2, -0.15) is 10.4 Å². The number of carbonyl (C=O) groups is 1. The summed E-state index contributed by atoms with van der Waals surface area (Å²) in [6.07, 6.45) is 3.72. The van der Waals surface area contributed by atoms with Crippen LogP contribution in [0.1, 0.15) is 35.0 Å². The van der Waals surface area contributed by atoms with Crippen LogP contribution in [0.25, 0.3) is 0 Å². The monoisotopic (exact) mass is 338 g/mol. The summed E-state index contributed by atoms with van der Waals surface area (Å²) >= 11 is 0. The largest absolute Gasteiger partial charge is 0.382 e. The molecular formula is C18H22N6O. The first-order valence-electron chi connectivity index (χ1n) is 8.27. The predicted octanol–water partition coefficient (Wildman–Crippen LogP) is 1.94. The van der Waals surface area contributed by atoms with Crippen molar-refractivity contribution in [2.45, 2.75) is 26.3 Å². The molecule has 0 saturated carbocycles. The van der Waals surface area contributed by atoms with Crippen LogP contribution in [0.3, 0.4) is 0 Å². The maximum absolute atomic E-state index is 12.3. The third-order valence-electron chi connectivity index (χ3n) is 5.05. The summed E-state index contributed by atoms with van der Waals surface area (Å²) in [5.41, 5.74) is 4.40. The molecule has 2 aromatic heterocycles. The Balaban J connectivity index is 1.87. The molecule has 25 heavy (non-hydrogen) atoms. The quantitative estimate of drug-likeness (QED) is 0.920. The van der Waals surface area contributed by atoms with Gasteiger partial charge in [-0.25, -0.2) is 0 Å². The average molecular weight is 338 g/mol. The number of rotatable bonds is 4. The predicted molar refractivity (Wildman–Crippen MR) is 93.7 cm³/mol. The second-order valence-electron chi connectivity index (χ2n) is 6.54. The summed E-state index contributed by atoms with van der Waals surface area (Å²) in [5, 5.41) is 17.0. The van der Waals surface area contributed by atoms with Gasteiger partial charge in [0.15, 0.2) is 0 Å². The highest BCUT2D eigenvalue weighted by Crippen LogP contribution is 2.39. The third-order valence-corrected chi connectivity index (χ3v) is 5.05. The van der Waals surface area contributed by atoms with E-state index in [0.717, 1.165) is 17.0 Å². The Morgan fingerprint density at radius 2 is 2.16 bits per heavy atom. The normalized spacial score (nSPS) is 20.0. The molecular weight excluding hydrogens is 316 g/mol. The Bertz CT molecular complexity index is 850. The molecule has 1 N–H and O–H groups in total. The molecule has 0 aliphatic carbocycles. The van der Waals surface area contributed by atoms with Crippen LogP contribution in [-0.4, -0.2) is 39.2 Å². The molecule has 1 fully saturated rings. The smallest absolute Gasteiger partial charge is 0.223 e. The molecule has 2 atom stereocenters. The number of hydrogen-bond donors (Lipinski definition) is 1. The average Bonchev–Trinajstić information content (AvgIpc) is 3.01. The molecule has 7 nitrogen and oxygen atoms in total. The zero-order valence-electron chi connectivity index (χ0n) is 14.9. The maximum Gasteiger partial charge on any atom is 0.223 e. The fourth-order valence-electron chi connectivity index (χ4n) is 3.66. The molecule has 1 amide bonds. The van der Waals surface area contributed by atoms with E-state index in [1.165, 1.54) is 0 Å². The number of carbonyl (C=O) groups excluding carboxylic acids is 1. The highest BCUT2D eigenvalue weighted by molar-refractivity contribution is 5.79. The zero-order chi connectivity index (χ0) is 18.1. The summed E-state index contributed by atoms with van der Waals surface area (Å²) in [6, 6.07) is 3.82. The van der Waals surface area contributed by atoms with Gasteiger partial charge in [0.05, 0.1) is 29.2 Å². The summed E-state index contributed by atoms with van der Waals surface area (Å²) in [7, 11) is 3.77. The first kappa shape index (κ1) is 17.0. The topological polar surface area (TPSA) is 86.8 Å². The summed E-state index contributed by atoms with van der Waals surface area (Å²) in [6.45, 7) is 4.61. The van der Waals surface area contributed by atoms with Crippen LogP contribution in [0.15, 0.2) is 18.5 Å². The van der Waals surface area contributed by atoms with Crippen molar-refractivity contribution in [1.82, 2.24) is 19.7 Å². The number of anilines is 1. The minimum absolute atomic E-state index is 0.0177. The molecule has 0 unspecified atom stereocenters. The lowest BCUT2D eigenvalue weighted by Crippen LogP contribution is -2.27. The molecule has 3 rings (SSSR count). The van der Waals surface area contributed by atoms with Crippen molar-refractivity contribution in [2.24, 2.45) is 13.0 Å². The van der Waals surface area contributed by atoms with Gasteiger partial charge in [0.25, 0.3) is 0 Å². The van der Waals surface area contributed by atoms with Crippen molar-refractivity contribution >= 4 is 11.6 Å². The van der Waals surface area contributed by atoms with Crippen molar-refractivity contribution in [3.63, 3.8) is 0 Å². The third kappa shape index (κ3) is 2.95. The Morgan fingerprint density at radius 3 is 2.80 bits per heavy atom. The van der Waals surface area contributed by atoms with E-state index >= 15 is 0 Å². The molecule has 1 aliphatic heterocycles. The molecule has 130 valence electrons. The van der Waals surface area contributed by atoms with Gasteiger partial charge in [0.2, 0.25) is 5.91 Å². The fourth-order valence-corrected chi connectivity index (χ4v) is 3.66. The minimum Gasteiger partial charge on any atom is -0.382 e. The van der Waals surface area contributed by atoms with Crippen molar-refractivity contribution in [1.29, 1.82) is 5.26 Å². The number of hydrogen-bond acceptors (Lipinski definition) is 5. The number of nitrogens with zero attached hydrogens (tertiary/aromatic N) is 5. The lowest BCUT2D eigenvalue weighted by atomic mass is 9.92. The van der Waals surface area contributed by atoms with Crippen molar-refractivity contribution in [2.75, 3.05) is 18.9 Å². The van der Waals surface area contributed by atoms with E-state index in [2.05, 4.69) is 21.5 Å². The van der Waals surface area contributed by atoms with Gasteiger partial charge in [-0.1, -0.05) is 0 Å². The van der Waals surface area contributed by atoms with Crippen molar-refractivity contribution < 1.29 is 4.79 Å². The summed E-state index contributed by atoms with van der Waals surface area (Å²) in [4.78, 5) is 18.2. The molecule has 1 saturated heterocycles. The van der Waals surface area contributed by atoms with E-state index in [9.17, 15) is 10.1 Å². The molecule has 0 spiro atoms. The second-order valence-corrected chi connectivity index (χ2v) is 6.54. The van der Waals surface area contributed by atoms with Crippen LogP contribution in [0.2, 0.25) is 0 Å². The Hall–Kier alpha value is -2.88. The van der Waals surface area contributed by atoms with Gasteiger partial charge in [0, 0.05) is 50.4 Å².